The predicted molar refractivity (Wildman–Crippen MR) is 102 cm³/mol. The van der Waals surface area contributed by atoms with Crippen molar-refractivity contribution >= 4 is 17.7 Å². The first-order chi connectivity index (χ1) is 11.1. The SMILES string of the molecule is CN=C(NCC(c1ccccc1)N(C)C)NC1CCC(SC)C1. The smallest absolute Gasteiger partial charge is 0.191 e. The summed E-state index contributed by atoms with van der Waals surface area (Å²) in [5, 5.41) is 7.88. The summed E-state index contributed by atoms with van der Waals surface area (Å²) in [6.45, 7) is 0.843. The summed E-state index contributed by atoms with van der Waals surface area (Å²) in [5.41, 5.74) is 1.32. The van der Waals surface area contributed by atoms with E-state index in [0.717, 1.165) is 17.8 Å². The Hall–Kier alpha value is -1.20. The van der Waals surface area contributed by atoms with Gasteiger partial charge < -0.3 is 15.5 Å². The number of benzene rings is 1. The van der Waals surface area contributed by atoms with Crippen molar-refractivity contribution in [2.75, 3.05) is 33.9 Å². The lowest BCUT2D eigenvalue weighted by atomic mass is 10.1. The van der Waals surface area contributed by atoms with Crippen molar-refractivity contribution in [2.45, 2.75) is 36.6 Å². The topological polar surface area (TPSA) is 39.7 Å². The molecule has 0 amide bonds. The van der Waals surface area contributed by atoms with E-state index >= 15 is 0 Å². The lowest BCUT2D eigenvalue weighted by molar-refractivity contribution is 0.298. The molecule has 1 fully saturated rings. The minimum Gasteiger partial charge on any atom is -0.354 e. The van der Waals surface area contributed by atoms with Crippen molar-refractivity contribution < 1.29 is 0 Å². The van der Waals surface area contributed by atoms with Crippen LogP contribution in [0, 0.1) is 0 Å². The number of rotatable bonds is 6. The van der Waals surface area contributed by atoms with Crippen LogP contribution in [0.25, 0.3) is 0 Å². The predicted octanol–water partition coefficient (Wildman–Crippen LogP) is 2.74. The third-order valence-corrected chi connectivity index (χ3v) is 5.65. The van der Waals surface area contributed by atoms with Crippen LogP contribution in [0.1, 0.15) is 30.9 Å². The second kappa shape index (κ2) is 9.18. The maximum Gasteiger partial charge on any atom is 0.191 e. The highest BCUT2D eigenvalue weighted by atomic mass is 32.2. The number of aliphatic imine (C=N–C) groups is 1. The maximum atomic E-state index is 4.40. The molecule has 0 bridgehead atoms. The highest BCUT2D eigenvalue weighted by Gasteiger charge is 2.24. The van der Waals surface area contributed by atoms with Gasteiger partial charge in [-0.3, -0.25) is 4.99 Å². The standard InChI is InChI=1S/C18H30N4S/c1-19-18(21-15-10-11-16(12-15)23-4)20-13-17(22(2)3)14-8-6-5-7-9-14/h5-9,15-17H,10-13H2,1-4H3,(H2,19,20,21). The second-order valence-electron chi connectivity index (χ2n) is 6.36. The minimum atomic E-state index is 0.331. The molecule has 1 aliphatic carbocycles. The molecule has 0 heterocycles. The van der Waals surface area contributed by atoms with Crippen LogP contribution < -0.4 is 10.6 Å². The molecule has 0 spiro atoms. The molecule has 2 rings (SSSR count). The van der Waals surface area contributed by atoms with E-state index in [4.69, 9.17) is 0 Å². The zero-order valence-electron chi connectivity index (χ0n) is 14.7. The van der Waals surface area contributed by atoms with Gasteiger partial charge >= 0.3 is 0 Å². The van der Waals surface area contributed by atoms with Gasteiger partial charge in [-0.05, 0) is 45.2 Å². The summed E-state index contributed by atoms with van der Waals surface area (Å²) in [7, 11) is 6.09. The van der Waals surface area contributed by atoms with E-state index in [1.165, 1.54) is 24.8 Å². The maximum absolute atomic E-state index is 4.40. The van der Waals surface area contributed by atoms with Gasteiger partial charge in [0.25, 0.3) is 0 Å². The fourth-order valence-electron chi connectivity index (χ4n) is 3.14. The zero-order valence-corrected chi connectivity index (χ0v) is 15.6. The van der Waals surface area contributed by atoms with Crippen LogP contribution in [0.3, 0.4) is 0 Å². The van der Waals surface area contributed by atoms with Crippen LogP contribution in [0.15, 0.2) is 35.3 Å². The van der Waals surface area contributed by atoms with Crippen molar-refractivity contribution in [1.82, 2.24) is 15.5 Å². The lowest BCUT2D eigenvalue weighted by Gasteiger charge is -2.26. The van der Waals surface area contributed by atoms with E-state index in [2.05, 4.69) is 71.2 Å². The summed E-state index contributed by atoms with van der Waals surface area (Å²) in [4.78, 5) is 6.64. The summed E-state index contributed by atoms with van der Waals surface area (Å²) in [5.74, 6) is 0.916. The first kappa shape index (κ1) is 18.1. The molecule has 1 aliphatic rings. The molecule has 23 heavy (non-hydrogen) atoms. The van der Waals surface area contributed by atoms with E-state index in [1.54, 1.807) is 0 Å². The number of guanidine groups is 1. The van der Waals surface area contributed by atoms with Crippen molar-refractivity contribution in [1.29, 1.82) is 0 Å². The number of thioether (sulfide) groups is 1. The van der Waals surface area contributed by atoms with Gasteiger partial charge in [0.15, 0.2) is 5.96 Å². The number of nitrogens with one attached hydrogen (secondary N) is 2. The normalized spacial score (nSPS) is 23.1. The third kappa shape index (κ3) is 5.43. The van der Waals surface area contributed by atoms with Crippen molar-refractivity contribution in [3.05, 3.63) is 35.9 Å². The molecular formula is C18H30N4S. The van der Waals surface area contributed by atoms with Crippen LogP contribution in [0.4, 0.5) is 0 Å². The Balaban J connectivity index is 1.88. The average molecular weight is 335 g/mol. The highest BCUT2D eigenvalue weighted by molar-refractivity contribution is 7.99. The molecule has 5 heteroatoms. The van der Waals surface area contributed by atoms with Crippen molar-refractivity contribution in [3.8, 4) is 0 Å². The quantitative estimate of drug-likeness (QED) is 0.620. The van der Waals surface area contributed by atoms with Gasteiger partial charge in [-0.15, -0.1) is 0 Å². The van der Waals surface area contributed by atoms with Gasteiger partial charge in [0, 0.05) is 24.9 Å². The largest absolute Gasteiger partial charge is 0.354 e. The summed E-state index contributed by atoms with van der Waals surface area (Å²) < 4.78 is 0. The molecule has 1 aromatic rings. The third-order valence-electron chi connectivity index (χ3n) is 4.55. The van der Waals surface area contributed by atoms with E-state index in [0.29, 0.717) is 12.1 Å². The monoisotopic (exact) mass is 334 g/mol. The fraction of sp³-hybridized carbons (Fsp3) is 0.611. The molecule has 4 nitrogen and oxygen atoms in total. The molecule has 3 unspecified atom stereocenters. The second-order valence-corrected chi connectivity index (χ2v) is 7.49. The molecular weight excluding hydrogens is 304 g/mol. The molecule has 0 radical (unpaired) electrons. The Kier molecular flexibility index (Phi) is 7.24. The first-order valence-corrected chi connectivity index (χ1v) is 9.64. The number of hydrogen-bond acceptors (Lipinski definition) is 3. The molecule has 0 aromatic heterocycles. The molecule has 1 aromatic carbocycles. The molecule has 1 saturated carbocycles. The first-order valence-electron chi connectivity index (χ1n) is 8.35. The minimum absolute atomic E-state index is 0.331. The van der Waals surface area contributed by atoms with Gasteiger partial charge in [-0.25, -0.2) is 0 Å². The molecule has 0 saturated heterocycles. The van der Waals surface area contributed by atoms with E-state index in [1.807, 2.05) is 18.8 Å². The van der Waals surface area contributed by atoms with Crippen LogP contribution in [0.2, 0.25) is 0 Å². The van der Waals surface area contributed by atoms with Crippen LogP contribution in [-0.2, 0) is 0 Å². The Bertz CT molecular complexity index is 489. The lowest BCUT2D eigenvalue weighted by Crippen LogP contribution is -2.45. The summed E-state index contributed by atoms with van der Waals surface area (Å²) in [6.07, 6.45) is 5.99. The Morgan fingerprint density at radius 1 is 1.30 bits per heavy atom. The van der Waals surface area contributed by atoms with Gasteiger partial charge in [-0.2, -0.15) is 11.8 Å². The highest BCUT2D eigenvalue weighted by Crippen LogP contribution is 2.28. The van der Waals surface area contributed by atoms with Gasteiger partial charge in [0.1, 0.15) is 0 Å². The van der Waals surface area contributed by atoms with Crippen LogP contribution >= 0.6 is 11.8 Å². The molecule has 128 valence electrons. The van der Waals surface area contributed by atoms with E-state index in [-0.39, 0.29) is 0 Å². The zero-order chi connectivity index (χ0) is 16.7. The summed E-state index contributed by atoms with van der Waals surface area (Å²) >= 11 is 1.98. The Morgan fingerprint density at radius 3 is 2.61 bits per heavy atom. The number of hydrogen-bond donors (Lipinski definition) is 2. The van der Waals surface area contributed by atoms with Crippen LogP contribution in [-0.4, -0.2) is 56.1 Å². The van der Waals surface area contributed by atoms with Gasteiger partial charge in [0.05, 0.1) is 6.04 Å². The van der Waals surface area contributed by atoms with Gasteiger partial charge in [0.2, 0.25) is 0 Å². The Labute approximate surface area is 145 Å². The van der Waals surface area contributed by atoms with Crippen LogP contribution in [0.5, 0.6) is 0 Å². The molecule has 3 atom stereocenters. The van der Waals surface area contributed by atoms with Crippen molar-refractivity contribution in [2.24, 2.45) is 4.99 Å². The van der Waals surface area contributed by atoms with E-state index in [9.17, 15) is 0 Å². The Morgan fingerprint density at radius 2 is 2.04 bits per heavy atom. The van der Waals surface area contributed by atoms with E-state index < -0.39 is 0 Å². The fourth-order valence-corrected chi connectivity index (χ4v) is 3.94. The van der Waals surface area contributed by atoms with Gasteiger partial charge in [-0.1, -0.05) is 30.3 Å². The molecule has 2 N–H and O–H groups in total. The summed E-state index contributed by atoms with van der Waals surface area (Å²) in [6, 6.07) is 11.5. The van der Waals surface area contributed by atoms with Crippen molar-refractivity contribution in [3.63, 3.8) is 0 Å². The number of nitrogens with zero attached hydrogens (tertiary/aromatic N) is 2. The average Bonchev–Trinajstić information content (AvgIpc) is 3.02. The number of likely N-dealkylation sites (N-methyl/N-ethyl adjacent to an activating group) is 1. The molecule has 0 aliphatic heterocycles.